The van der Waals surface area contributed by atoms with Gasteiger partial charge in [0, 0.05) is 55.5 Å². The number of aromatic nitrogens is 1. The molecule has 3 N–H and O–H groups in total. The highest BCUT2D eigenvalue weighted by Crippen LogP contribution is 2.44. The Morgan fingerprint density at radius 3 is 2.53 bits per heavy atom. The van der Waals surface area contributed by atoms with E-state index in [0.29, 0.717) is 29.9 Å². The third-order valence-corrected chi connectivity index (χ3v) is 9.89. The summed E-state index contributed by atoms with van der Waals surface area (Å²) in [5.41, 5.74) is 4.26. The molecular weight excluding hydrogens is 584 g/mol. The average Bonchev–Trinajstić information content (AvgIpc) is 3.59. The van der Waals surface area contributed by atoms with Crippen molar-refractivity contribution in [2.45, 2.75) is 83.0 Å². The standard InChI is InChI=1S/C36H44N4O4S/c1-35(2,3)45(44)40-23-28-21-30(34(42)37-29-15-18-39(24-29)22-26-10-7-6-8-11-26)38-33(32(28)31(40)16-19-41)27-13-9-12-25(20-27)14-17-36(4,5)43/h6-13,20-21,29,31,41,43H,15-16,18-19,22-24H2,1-5H3,(H,37,42)/t29-,31+,45+/m1/s1. The topological polar surface area (TPSA) is 106 Å². The van der Waals surface area contributed by atoms with Gasteiger partial charge in [-0.1, -0.05) is 54.3 Å². The highest BCUT2D eigenvalue weighted by Gasteiger charge is 2.40. The largest absolute Gasteiger partial charge is 0.396 e. The van der Waals surface area contributed by atoms with E-state index in [4.69, 9.17) is 4.98 Å². The number of aliphatic hydroxyl groups excluding tert-OH is 1. The lowest BCUT2D eigenvalue weighted by molar-refractivity contribution is 0.0932. The third kappa shape index (κ3) is 8.07. The van der Waals surface area contributed by atoms with Crippen molar-refractivity contribution >= 4 is 16.9 Å². The number of nitrogens with zero attached hydrogens (tertiary/aromatic N) is 3. The van der Waals surface area contributed by atoms with Gasteiger partial charge in [0.15, 0.2) is 0 Å². The summed E-state index contributed by atoms with van der Waals surface area (Å²) >= 11 is 0. The van der Waals surface area contributed by atoms with Gasteiger partial charge in [0.25, 0.3) is 5.91 Å². The summed E-state index contributed by atoms with van der Waals surface area (Å²) in [4.78, 5) is 21.1. The number of amides is 1. The van der Waals surface area contributed by atoms with Gasteiger partial charge in [-0.05, 0) is 76.8 Å². The van der Waals surface area contributed by atoms with Crippen LogP contribution in [0.4, 0.5) is 0 Å². The molecule has 0 saturated carbocycles. The van der Waals surface area contributed by atoms with Crippen molar-refractivity contribution in [1.82, 2.24) is 19.5 Å². The molecule has 1 amide bonds. The zero-order valence-electron chi connectivity index (χ0n) is 26.8. The third-order valence-electron chi connectivity index (χ3n) is 8.03. The van der Waals surface area contributed by atoms with Gasteiger partial charge in [0.1, 0.15) is 22.3 Å². The van der Waals surface area contributed by atoms with Crippen LogP contribution in [-0.2, 0) is 24.1 Å². The Labute approximate surface area is 269 Å². The molecule has 0 bridgehead atoms. The summed E-state index contributed by atoms with van der Waals surface area (Å²) < 4.78 is 15.1. The molecule has 1 saturated heterocycles. The molecule has 45 heavy (non-hydrogen) atoms. The minimum atomic E-state index is -1.36. The molecule has 0 unspecified atom stereocenters. The van der Waals surface area contributed by atoms with Gasteiger partial charge >= 0.3 is 0 Å². The number of aliphatic hydroxyl groups is 2. The minimum Gasteiger partial charge on any atom is -0.396 e. The van der Waals surface area contributed by atoms with Crippen LogP contribution in [0, 0.1) is 11.8 Å². The van der Waals surface area contributed by atoms with Crippen molar-refractivity contribution in [3.05, 3.63) is 88.6 Å². The van der Waals surface area contributed by atoms with E-state index >= 15 is 0 Å². The lowest BCUT2D eigenvalue weighted by atomic mass is 9.95. The second-order valence-corrected chi connectivity index (χ2v) is 15.7. The van der Waals surface area contributed by atoms with Gasteiger partial charge in [0.05, 0.1) is 16.5 Å². The molecule has 238 valence electrons. The number of carbonyl (C=O) groups excluding carboxylic acids is 1. The van der Waals surface area contributed by atoms with Crippen LogP contribution in [0.25, 0.3) is 11.3 Å². The molecule has 0 aliphatic carbocycles. The van der Waals surface area contributed by atoms with Crippen LogP contribution in [0.3, 0.4) is 0 Å². The van der Waals surface area contributed by atoms with Crippen LogP contribution in [0.5, 0.6) is 0 Å². The predicted molar refractivity (Wildman–Crippen MR) is 178 cm³/mol. The quantitative estimate of drug-likeness (QED) is 0.316. The number of hydrogen-bond acceptors (Lipinski definition) is 6. The molecule has 2 aliphatic rings. The number of fused-ring (bicyclic) bond motifs is 1. The van der Waals surface area contributed by atoms with Crippen LogP contribution in [-0.4, -0.2) is 70.6 Å². The number of hydrogen-bond donors (Lipinski definition) is 3. The molecule has 3 heterocycles. The minimum absolute atomic E-state index is 0.00665. The Hall–Kier alpha value is -3.39. The fourth-order valence-corrected chi connectivity index (χ4v) is 7.37. The van der Waals surface area contributed by atoms with Crippen molar-refractivity contribution in [3.63, 3.8) is 0 Å². The second-order valence-electron chi connectivity index (χ2n) is 13.5. The van der Waals surface area contributed by atoms with Crippen LogP contribution in [0.1, 0.15) is 86.2 Å². The molecule has 1 fully saturated rings. The summed E-state index contributed by atoms with van der Waals surface area (Å²) in [6, 6.07) is 19.4. The molecule has 2 aliphatic heterocycles. The van der Waals surface area contributed by atoms with Gasteiger partial charge in [-0.15, -0.1) is 0 Å². The van der Waals surface area contributed by atoms with E-state index in [1.54, 1.807) is 13.8 Å². The number of likely N-dealkylation sites (tertiary alicyclic amines) is 1. The van der Waals surface area contributed by atoms with E-state index in [9.17, 15) is 19.2 Å². The van der Waals surface area contributed by atoms with Crippen LogP contribution in [0.2, 0.25) is 0 Å². The number of rotatable bonds is 8. The summed E-state index contributed by atoms with van der Waals surface area (Å²) in [5, 5.41) is 23.4. The summed E-state index contributed by atoms with van der Waals surface area (Å²) in [7, 11) is -1.36. The molecule has 2 aromatic carbocycles. The van der Waals surface area contributed by atoms with Crippen molar-refractivity contribution < 1.29 is 19.2 Å². The number of nitrogens with one attached hydrogen (secondary N) is 1. The number of carbonyl (C=O) groups is 1. The van der Waals surface area contributed by atoms with E-state index in [1.165, 1.54) is 5.56 Å². The lowest BCUT2D eigenvalue weighted by Crippen LogP contribution is -2.37. The van der Waals surface area contributed by atoms with E-state index in [0.717, 1.165) is 42.7 Å². The fourth-order valence-electron chi connectivity index (χ4n) is 5.97. The lowest BCUT2D eigenvalue weighted by Gasteiger charge is -2.30. The molecule has 0 spiro atoms. The maximum atomic E-state index is 13.8. The monoisotopic (exact) mass is 628 g/mol. The van der Waals surface area contributed by atoms with E-state index in [-0.39, 0.29) is 24.6 Å². The first-order chi connectivity index (χ1) is 21.3. The Balaban J connectivity index is 1.49. The Bertz CT molecular complexity index is 1620. The van der Waals surface area contributed by atoms with Crippen molar-refractivity contribution in [2.75, 3.05) is 19.7 Å². The molecule has 9 heteroatoms. The maximum Gasteiger partial charge on any atom is 0.270 e. The highest BCUT2D eigenvalue weighted by atomic mass is 32.2. The van der Waals surface area contributed by atoms with Gasteiger partial charge in [-0.25, -0.2) is 13.5 Å². The van der Waals surface area contributed by atoms with Crippen LogP contribution < -0.4 is 5.32 Å². The first kappa shape index (κ1) is 33.0. The van der Waals surface area contributed by atoms with Crippen molar-refractivity contribution in [2.24, 2.45) is 0 Å². The Morgan fingerprint density at radius 1 is 1.09 bits per heavy atom. The first-order valence-corrected chi connectivity index (χ1v) is 16.7. The number of pyridine rings is 1. The molecule has 8 nitrogen and oxygen atoms in total. The SMILES string of the molecule is CC(C)(O)C#Cc1cccc(-c2nc(C(=O)N[C@@H]3CCN(Cc4ccccc4)C3)cc3c2[C@H](CCO)N([S@@](=O)C(C)(C)C)C3)c1. The fraction of sp³-hybridized carbons (Fsp3) is 0.444. The Morgan fingerprint density at radius 2 is 1.84 bits per heavy atom. The molecular formula is C36H44N4O4S. The summed E-state index contributed by atoms with van der Waals surface area (Å²) in [5.74, 6) is 5.66. The van der Waals surface area contributed by atoms with Gasteiger partial charge in [-0.2, -0.15) is 0 Å². The zero-order chi connectivity index (χ0) is 32.4. The van der Waals surface area contributed by atoms with E-state index in [2.05, 4.69) is 34.2 Å². The Kier molecular flexibility index (Phi) is 9.92. The molecule has 5 rings (SSSR count). The molecule has 3 aromatic rings. The predicted octanol–water partition coefficient (Wildman–Crippen LogP) is 4.58. The summed E-state index contributed by atoms with van der Waals surface area (Å²) in [6.07, 6.45) is 1.24. The van der Waals surface area contributed by atoms with Crippen LogP contribution in [0.15, 0.2) is 60.7 Å². The average molecular weight is 629 g/mol. The normalized spacial score (nSPS) is 19.5. The smallest absolute Gasteiger partial charge is 0.270 e. The van der Waals surface area contributed by atoms with Gasteiger partial charge < -0.3 is 15.5 Å². The van der Waals surface area contributed by atoms with Crippen molar-refractivity contribution in [1.29, 1.82) is 0 Å². The molecule has 1 aromatic heterocycles. The second kappa shape index (κ2) is 13.5. The highest BCUT2D eigenvalue weighted by molar-refractivity contribution is 7.84. The van der Waals surface area contributed by atoms with Gasteiger partial charge in [-0.3, -0.25) is 9.69 Å². The zero-order valence-corrected chi connectivity index (χ0v) is 27.7. The van der Waals surface area contributed by atoms with Gasteiger partial charge in [0.2, 0.25) is 0 Å². The number of benzene rings is 2. The van der Waals surface area contributed by atoms with Crippen molar-refractivity contribution in [3.8, 4) is 23.1 Å². The van der Waals surface area contributed by atoms with E-state index in [1.807, 2.05) is 73.6 Å². The first-order valence-electron chi connectivity index (χ1n) is 15.6. The summed E-state index contributed by atoms with van der Waals surface area (Å²) in [6.45, 7) is 11.9. The molecule has 3 atom stereocenters. The van der Waals surface area contributed by atoms with E-state index < -0.39 is 21.3 Å². The van der Waals surface area contributed by atoms with Crippen LogP contribution >= 0.6 is 0 Å². The molecule has 0 radical (unpaired) electrons. The maximum absolute atomic E-state index is 13.8.